The van der Waals surface area contributed by atoms with Gasteiger partial charge in [-0.05, 0) is 86.4 Å². The SMILES string of the molecule is CC(=O)O[C@H]1CC[C@@]2(C)[C@@H](CC[C@@H]3[C@@H]2C[C@H](O)[C@]2(C)[C@@H]4[C@H](C[C@@H]32)O[C@]2(CC[C@H](C)CO2)[C@H]4C)C1. The Morgan fingerprint density at radius 2 is 1.79 bits per heavy atom. The molecule has 5 nitrogen and oxygen atoms in total. The minimum Gasteiger partial charge on any atom is -0.463 e. The van der Waals surface area contributed by atoms with Crippen LogP contribution in [0.3, 0.4) is 0 Å². The van der Waals surface area contributed by atoms with Gasteiger partial charge >= 0.3 is 5.97 Å². The maximum Gasteiger partial charge on any atom is 0.302 e. The van der Waals surface area contributed by atoms with Crippen molar-refractivity contribution in [3.05, 3.63) is 0 Å². The zero-order valence-corrected chi connectivity index (χ0v) is 21.9. The van der Waals surface area contributed by atoms with Crippen LogP contribution >= 0.6 is 0 Å². The quantitative estimate of drug-likeness (QED) is 0.520. The first kappa shape index (κ1) is 23.7. The summed E-state index contributed by atoms with van der Waals surface area (Å²) in [6, 6.07) is 0. The van der Waals surface area contributed by atoms with Crippen molar-refractivity contribution in [2.24, 2.45) is 52.3 Å². The van der Waals surface area contributed by atoms with Gasteiger partial charge in [-0.15, -0.1) is 0 Å². The number of aliphatic hydroxyl groups is 1. The second-order valence-corrected chi connectivity index (χ2v) is 13.8. The van der Waals surface area contributed by atoms with Crippen LogP contribution < -0.4 is 0 Å². The summed E-state index contributed by atoms with van der Waals surface area (Å²) in [6.07, 6.45) is 9.76. The second-order valence-electron chi connectivity index (χ2n) is 13.8. The molecule has 0 unspecified atom stereocenters. The second kappa shape index (κ2) is 7.92. The molecule has 2 aliphatic heterocycles. The average Bonchev–Trinajstić information content (AvgIpc) is 3.23. The molecule has 5 heteroatoms. The molecule has 13 atom stereocenters. The fourth-order valence-corrected chi connectivity index (χ4v) is 10.5. The van der Waals surface area contributed by atoms with Gasteiger partial charge in [0.15, 0.2) is 5.79 Å². The topological polar surface area (TPSA) is 65.0 Å². The van der Waals surface area contributed by atoms with E-state index in [1.165, 1.54) is 26.2 Å². The van der Waals surface area contributed by atoms with E-state index in [-0.39, 0.29) is 35.1 Å². The molecule has 2 heterocycles. The van der Waals surface area contributed by atoms with E-state index in [1.54, 1.807) is 0 Å². The molecular weight excluding hydrogens is 428 g/mol. The molecular formula is C29H46O5. The maximum atomic E-state index is 11.9. The summed E-state index contributed by atoms with van der Waals surface area (Å²) < 4.78 is 18.9. The summed E-state index contributed by atoms with van der Waals surface area (Å²) in [7, 11) is 0. The van der Waals surface area contributed by atoms with Gasteiger partial charge < -0.3 is 19.3 Å². The normalized spacial score (nSPS) is 58.5. The summed E-state index contributed by atoms with van der Waals surface area (Å²) in [4.78, 5) is 11.6. The van der Waals surface area contributed by atoms with Crippen molar-refractivity contribution in [2.45, 2.75) is 117 Å². The maximum absolute atomic E-state index is 11.9. The molecule has 4 saturated carbocycles. The lowest BCUT2D eigenvalue weighted by Gasteiger charge is -2.62. The summed E-state index contributed by atoms with van der Waals surface area (Å²) in [5, 5.41) is 11.9. The molecule has 0 aromatic rings. The number of aliphatic hydroxyl groups excluding tert-OH is 1. The van der Waals surface area contributed by atoms with Gasteiger partial charge in [0.1, 0.15) is 6.10 Å². The van der Waals surface area contributed by atoms with Crippen LogP contribution in [0.4, 0.5) is 0 Å². The molecule has 6 fully saturated rings. The molecule has 34 heavy (non-hydrogen) atoms. The van der Waals surface area contributed by atoms with Gasteiger partial charge in [-0.3, -0.25) is 4.79 Å². The highest BCUT2D eigenvalue weighted by molar-refractivity contribution is 5.66. The van der Waals surface area contributed by atoms with Crippen LogP contribution in [0, 0.1) is 52.3 Å². The van der Waals surface area contributed by atoms with E-state index in [0.29, 0.717) is 41.4 Å². The summed E-state index contributed by atoms with van der Waals surface area (Å²) >= 11 is 0. The van der Waals surface area contributed by atoms with E-state index in [1.807, 2.05) is 0 Å². The summed E-state index contributed by atoms with van der Waals surface area (Å²) in [5.74, 6) is 3.11. The van der Waals surface area contributed by atoms with E-state index in [4.69, 9.17) is 14.2 Å². The number of hydrogen-bond donors (Lipinski definition) is 1. The van der Waals surface area contributed by atoms with Crippen molar-refractivity contribution in [3.63, 3.8) is 0 Å². The Balaban J connectivity index is 1.24. The number of carbonyl (C=O) groups is 1. The van der Waals surface area contributed by atoms with E-state index in [9.17, 15) is 9.90 Å². The molecule has 0 radical (unpaired) electrons. The van der Waals surface area contributed by atoms with Crippen molar-refractivity contribution in [1.82, 2.24) is 0 Å². The van der Waals surface area contributed by atoms with Gasteiger partial charge in [-0.25, -0.2) is 0 Å². The van der Waals surface area contributed by atoms with Crippen LogP contribution in [0.15, 0.2) is 0 Å². The van der Waals surface area contributed by atoms with Crippen LogP contribution in [-0.4, -0.2) is 41.8 Å². The van der Waals surface area contributed by atoms with Crippen molar-refractivity contribution in [3.8, 4) is 0 Å². The molecule has 6 rings (SSSR count). The molecule has 4 aliphatic carbocycles. The Labute approximate surface area is 205 Å². The van der Waals surface area contributed by atoms with Crippen LogP contribution in [0.1, 0.15) is 92.4 Å². The molecule has 0 aromatic carbocycles. The highest BCUT2D eigenvalue weighted by Crippen LogP contribution is 2.71. The molecule has 1 spiro atoms. The molecule has 2 saturated heterocycles. The third-order valence-corrected chi connectivity index (χ3v) is 12.3. The number of ether oxygens (including phenoxy) is 3. The van der Waals surface area contributed by atoms with Crippen LogP contribution in [0.2, 0.25) is 0 Å². The van der Waals surface area contributed by atoms with Crippen LogP contribution in [0.5, 0.6) is 0 Å². The van der Waals surface area contributed by atoms with Crippen LogP contribution in [-0.2, 0) is 19.0 Å². The van der Waals surface area contributed by atoms with Gasteiger partial charge in [0.2, 0.25) is 0 Å². The first-order chi connectivity index (χ1) is 16.1. The van der Waals surface area contributed by atoms with E-state index in [0.717, 1.165) is 45.1 Å². The van der Waals surface area contributed by atoms with Crippen LogP contribution in [0.25, 0.3) is 0 Å². The largest absolute Gasteiger partial charge is 0.463 e. The lowest BCUT2D eigenvalue weighted by molar-refractivity contribution is -0.274. The summed E-state index contributed by atoms with van der Waals surface area (Å²) in [5.41, 5.74) is 0.162. The Hall–Kier alpha value is -0.650. The number of fused-ring (bicyclic) bond motifs is 7. The lowest BCUT2D eigenvalue weighted by atomic mass is 9.43. The number of hydrogen-bond acceptors (Lipinski definition) is 5. The van der Waals surface area contributed by atoms with Crippen molar-refractivity contribution in [2.75, 3.05) is 6.61 Å². The van der Waals surface area contributed by atoms with Gasteiger partial charge in [0.25, 0.3) is 0 Å². The molecule has 1 N–H and O–H groups in total. The van der Waals surface area contributed by atoms with E-state index >= 15 is 0 Å². The Morgan fingerprint density at radius 3 is 2.50 bits per heavy atom. The fraction of sp³-hybridized carbons (Fsp3) is 0.966. The predicted molar refractivity (Wildman–Crippen MR) is 129 cm³/mol. The minimum absolute atomic E-state index is 0.0837. The first-order valence-electron chi connectivity index (χ1n) is 14.3. The zero-order valence-electron chi connectivity index (χ0n) is 21.9. The van der Waals surface area contributed by atoms with Gasteiger partial charge in [0, 0.05) is 30.6 Å². The van der Waals surface area contributed by atoms with E-state index in [2.05, 4.69) is 27.7 Å². The van der Waals surface area contributed by atoms with Crippen molar-refractivity contribution >= 4 is 5.97 Å². The highest BCUT2D eigenvalue weighted by Gasteiger charge is 2.71. The van der Waals surface area contributed by atoms with E-state index < -0.39 is 5.79 Å². The molecule has 0 amide bonds. The summed E-state index contributed by atoms with van der Waals surface area (Å²) in [6.45, 7) is 11.8. The molecule has 0 aromatic heterocycles. The zero-order chi connectivity index (χ0) is 24.0. The molecule has 0 bridgehead atoms. The van der Waals surface area contributed by atoms with Crippen molar-refractivity contribution < 1.29 is 24.1 Å². The Morgan fingerprint density at radius 1 is 1.00 bits per heavy atom. The number of esters is 1. The predicted octanol–water partition coefficient (Wildman–Crippen LogP) is 5.34. The Kier molecular flexibility index (Phi) is 5.53. The molecule has 6 aliphatic rings. The van der Waals surface area contributed by atoms with Crippen molar-refractivity contribution in [1.29, 1.82) is 0 Å². The monoisotopic (exact) mass is 474 g/mol. The van der Waals surface area contributed by atoms with Gasteiger partial charge in [0.05, 0.1) is 18.8 Å². The highest BCUT2D eigenvalue weighted by atomic mass is 16.7. The van der Waals surface area contributed by atoms with Gasteiger partial charge in [-0.1, -0.05) is 27.7 Å². The standard InChI is InChI=1S/C29H46O5/c1-16-8-11-29(32-15-16)17(2)26-24(34-29)13-23-21-7-6-19-12-20(33-18(3)30)9-10-27(19,4)22(21)14-25(31)28(23,26)5/h16-17,19-26,31H,6-15H2,1-5H3/t16-,17-,19-,20-,21+,22-,23-,24-,25-,26-,27-,28+,29+/m0/s1. The third-order valence-electron chi connectivity index (χ3n) is 12.3. The smallest absolute Gasteiger partial charge is 0.302 e. The third kappa shape index (κ3) is 3.18. The average molecular weight is 475 g/mol. The first-order valence-corrected chi connectivity index (χ1v) is 14.3. The lowest BCUT2D eigenvalue weighted by Crippen LogP contribution is -2.59. The Bertz CT molecular complexity index is 819. The van der Waals surface area contributed by atoms with Gasteiger partial charge in [-0.2, -0.15) is 0 Å². The fourth-order valence-electron chi connectivity index (χ4n) is 10.5. The number of carbonyl (C=O) groups excluding carboxylic acids is 1. The number of rotatable bonds is 1. The molecule has 192 valence electrons. The minimum atomic E-state index is -0.425.